The Bertz CT molecular complexity index is 917. The maximum Gasteiger partial charge on any atom is 0.318 e. The molecule has 0 saturated heterocycles. The maximum atomic E-state index is 12.5. The smallest absolute Gasteiger partial charge is 0.318 e. The molecular weight excluding hydrogens is 358 g/mol. The molecule has 3 aromatic rings. The Morgan fingerprint density at radius 2 is 2.07 bits per heavy atom. The van der Waals surface area contributed by atoms with Crippen molar-refractivity contribution in [3.63, 3.8) is 0 Å². The average Bonchev–Trinajstić information content (AvgIpc) is 3.37. The first-order valence-corrected chi connectivity index (χ1v) is 9.09. The molecule has 1 atom stereocenters. The van der Waals surface area contributed by atoms with E-state index in [2.05, 4.69) is 20.6 Å². The van der Waals surface area contributed by atoms with Gasteiger partial charge in [0, 0.05) is 25.4 Å². The Hall–Kier alpha value is -3.36. The first-order chi connectivity index (χ1) is 13.5. The van der Waals surface area contributed by atoms with Gasteiger partial charge in [-0.25, -0.2) is 9.48 Å². The lowest BCUT2D eigenvalue weighted by atomic mass is 10.2. The molecule has 2 aromatic heterocycles. The summed E-state index contributed by atoms with van der Waals surface area (Å²) in [7, 11) is 3.37. The predicted octanol–water partition coefficient (Wildman–Crippen LogP) is 2.39. The van der Waals surface area contributed by atoms with E-state index in [0.29, 0.717) is 6.54 Å². The number of nitrogens with zero attached hydrogens (tertiary/aromatic N) is 6. The van der Waals surface area contributed by atoms with E-state index in [-0.39, 0.29) is 12.1 Å². The molecular formula is C19H25N7O2. The zero-order valence-corrected chi connectivity index (χ0v) is 16.5. The molecule has 0 aliphatic carbocycles. The van der Waals surface area contributed by atoms with Crippen LogP contribution in [0.15, 0.2) is 43.0 Å². The number of carbonyl (C=O) groups excluding carboxylic acids is 1. The normalized spacial score (nSPS) is 11.9. The monoisotopic (exact) mass is 383 g/mol. The Labute approximate surface area is 163 Å². The number of amides is 2. The van der Waals surface area contributed by atoms with Gasteiger partial charge < -0.3 is 19.5 Å². The second-order valence-corrected chi connectivity index (χ2v) is 6.48. The summed E-state index contributed by atoms with van der Waals surface area (Å²) in [6.45, 7) is 5.08. The van der Waals surface area contributed by atoms with E-state index in [1.54, 1.807) is 36.3 Å². The number of hydrogen-bond donors (Lipinski definition) is 1. The molecule has 3 rings (SSSR count). The number of rotatable bonds is 7. The average molecular weight is 383 g/mol. The van der Waals surface area contributed by atoms with Crippen LogP contribution in [0.25, 0.3) is 5.69 Å². The SMILES string of the molecule is CCn1cnnc1CN(C)C(=O)N[C@@H](C)c1cnn(-c2ccc(OC)cc2)c1. The second kappa shape index (κ2) is 8.55. The van der Waals surface area contributed by atoms with Crippen molar-refractivity contribution in [2.75, 3.05) is 14.2 Å². The molecule has 9 nitrogen and oxygen atoms in total. The minimum Gasteiger partial charge on any atom is -0.497 e. The van der Waals surface area contributed by atoms with Gasteiger partial charge in [0.05, 0.1) is 31.6 Å². The summed E-state index contributed by atoms with van der Waals surface area (Å²) in [4.78, 5) is 14.1. The van der Waals surface area contributed by atoms with Crippen LogP contribution in [0.4, 0.5) is 4.79 Å². The molecule has 1 N–H and O–H groups in total. The molecule has 0 saturated carbocycles. The van der Waals surface area contributed by atoms with Crippen molar-refractivity contribution in [1.82, 2.24) is 34.8 Å². The van der Waals surface area contributed by atoms with Crippen LogP contribution in [0, 0.1) is 0 Å². The molecule has 28 heavy (non-hydrogen) atoms. The predicted molar refractivity (Wildman–Crippen MR) is 104 cm³/mol. The van der Waals surface area contributed by atoms with E-state index in [9.17, 15) is 4.79 Å². The molecule has 0 aliphatic rings. The Balaban J connectivity index is 1.61. The summed E-state index contributed by atoms with van der Waals surface area (Å²) in [6, 6.07) is 7.24. The van der Waals surface area contributed by atoms with Gasteiger partial charge in [0.2, 0.25) is 0 Å². The zero-order chi connectivity index (χ0) is 20.1. The van der Waals surface area contributed by atoms with E-state index < -0.39 is 0 Å². The lowest BCUT2D eigenvalue weighted by Gasteiger charge is -2.20. The summed E-state index contributed by atoms with van der Waals surface area (Å²) in [5.41, 5.74) is 1.83. The van der Waals surface area contributed by atoms with Gasteiger partial charge in [0.1, 0.15) is 12.1 Å². The molecule has 2 amide bonds. The van der Waals surface area contributed by atoms with Crippen LogP contribution < -0.4 is 10.1 Å². The van der Waals surface area contributed by atoms with Crippen molar-refractivity contribution >= 4 is 6.03 Å². The van der Waals surface area contributed by atoms with Crippen LogP contribution in [0.2, 0.25) is 0 Å². The van der Waals surface area contributed by atoms with Crippen molar-refractivity contribution in [2.45, 2.75) is 33.0 Å². The topological polar surface area (TPSA) is 90.1 Å². The fourth-order valence-electron chi connectivity index (χ4n) is 2.76. The van der Waals surface area contributed by atoms with Crippen LogP contribution in [0.5, 0.6) is 5.75 Å². The van der Waals surface area contributed by atoms with Crippen LogP contribution in [0.3, 0.4) is 0 Å². The highest BCUT2D eigenvalue weighted by molar-refractivity contribution is 5.74. The van der Waals surface area contributed by atoms with Crippen LogP contribution in [0.1, 0.15) is 31.3 Å². The van der Waals surface area contributed by atoms with Gasteiger partial charge in [-0.2, -0.15) is 5.10 Å². The molecule has 0 unspecified atom stereocenters. The minimum atomic E-state index is -0.189. The Morgan fingerprint density at radius 1 is 1.32 bits per heavy atom. The van der Waals surface area contributed by atoms with Gasteiger partial charge in [-0.3, -0.25) is 0 Å². The first-order valence-electron chi connectivity index (χ1n) is 9.09. The molecule has 0 aliphatic heterocycles. The van der Waals surface area contributed by atoms with Gasteiger partial charge in [-0.15, -0.1) is 10.2 Å². The summed E-state index contributed by atoms with van der Waals surface area (Å²) in [5.74, 6) is 1.54. The number of benzene rings is 1. The van der Waals surface area contributed by atoms with E-state index in [0.717, 1.165) is 29.4 Å². The van der Waals surface area contributed by atoms with E-state index >= 15 is 0 Å². The van der Waals surface area contributed by atoms with Gasteiger partial charge >= 0.3 is 6.03 Å². The van der Waals surface area contributed by atoms with Crippen molar-refractivity contribution in [1.29, 1.82) is 0 Å². The first kappa shape index (κ1) is 19.4. The van der Waals surface area contributed by atoms with Gasteiger partial charge in [0.15, 0.2) is 5.82 Å². The number of methoxy groups -OCH3 is 1. The highest BCUT2D eigenvalue weighted by Crippen LogP contribution is 2.17. The number of carbonyl (C=O) groups is 1. The van der Waals surface area contributed by atoms with Crippen LogP contribution >= 0.6 is 0 Å². The fraction of sp³-hybridized carbons (Fsp3) is 0.368. The molecule has 0 spiro atoms. The van der Waals surface area contributed by atoms with Crippen molar-refractivity contribution in [2.24, 2.45) is 0 Å². The Morgan fingerprint density at radius 3 is 2.75 bits per heavy atom. The second-order valence-electron chi connectivity index (χ2n) is 6.48. The summed E-state index contributed by atoms with van der Waals surface area (Å²) in [5, 5.41) is 15.3. The van der Waals surface area contributed by atoms with E-state index in [1.165, 1.54) is 0 Å². The summed E-state index contributed by atoms with van der Waals surface area (Å²) < 4.78 is 8.85. The van der Waals surface area contributed by atoms with Gasteiger partial charge in [0.25, 0.3) is 0 Å². The third-order valence-electron chi connectivity index (χ3n) is 4.54. The van der Waals surface area contributed by atoms with Gasteiger partial charge in [-0.05, 0) is 38.1 Å². The zero-order valence-electron chi connectivity index (χ0n) is 16.5. The largest absolute Gasteiger partial charge is 0.497 e. The van der Waals surface area contributed by atoms with E-state index in [1.807, 2.05) is 48.9 Å². The number of urea groups is 1. The van der Waals surface area contributed by atoms with Crippen molar-refractivity contribution < 1.29 is 9.53 Å². The molecule has 1 aromatic carbocycles. The molecule has 0 fully saturated rings. The number of aryl methyl sites for hydroxylation is 1. The summed E-state index contributed by atoms with van der Waals surface area (Å²) in [6.07, 6.45) is 5.32. The lowest BCUT2D eigenvalue weighted by molar-refractivity contribution is 0.202. The quantitative estimate of drug-likeness (QED) is 0.677. The third kappa shape index (κ3) is 4.30. The minimum absolute atomic E-state index is 0.185. The molecule has 0 radical (unpaired) electrons. The van der Waals surface area contributed by atoms with Crippen LogP contribution in [-0.2, 0) is 13.1 Å². The van der Waals surface area contributed by atoms with Crippen LogP contribution in [-0.4, -0.2) is 49.6 Å². The van der Waals surface area contributed by atoms with Crippen molar-refractivity contribution in [3.8, 4) is 11.4 Å². The van der Waals surface area contributed by atoms with Crippen molar-refractivity contribution in [3.05, 3.63) is 54.4 Å². The highest BCUT2D eigenvalue weighted by atomic mass is 16.5. The summed E-state index contributed by atoms with van der Waals surface area (Å²) >= 11 is 0. The lowest BCUT2D eigenvalue weighted by Crippen LogP contribution is -2.38. The number of aromatic nitrogens is 5. The standard InChI is InChI=1S/C19H25N7O2/c1-5-25-13-20-23-18(25)12-24(3)19(27)22-14(2)15-10-21-26(11-15)16-6-8-17(28-4)9-7-16/h6-11,13-14H,5,12H2,1-4H3,(H,22,27)/t14-/m0/s1. The molecule has 148 valence electrons. The molecule has 0 bridgehead atoms. The Kier molecular flexibility index (Phi) is 5.93. The van der Waals surface area contributed by atoms with E-state index in [4.69, 9.17) is 4.74 Å². The molecule has 9 heteroatoms. The van der Waals surface area contributed by atoms with Gasteiger partial charge in [-0.1, -0.05) is 0 Å². The maximum absolute atomic E-state index is 12.5. The molecule has 2 heterocycles. The number of nitrogens with one attached hydrogen (secondary N) is 1. The number of hydrogen-bond acceptors (Lipinski definition) is 5. The highest BCUT2D eigenvalue weighted by Gasteiger charge is 2.17. The number of ether oxygens (including phenoxy) is 1. The fourth-order valence-corrected chi connectivity index (χ4v) is 2.76. The third-order valence-corrected chi connectivity index (χ3v) is 4.54.